The van der Waals surface area contributed by atoms with Gasteiger partial charge in [0.1, 0.15) is 0 Å². The average Bonchev–Trinajstić information content (AvgIpc) is 2.88. The van der Waals surface area contributed by atoms with Crippen molar-refractivity contribution >= 4 is 0 Å². The van der Waals surface area contributed by atoms with Crippen LogP contribution in [0.1, 0.15) is 43.6 Å². The van der Waals surface area contributed by atoms with E-state index in [1.54, 1.807) is 0 Å². The lowest BCUT2D eigenvalue weighted by atomic mass is 9.78. The summed E-state index contributed by atoms with van der Waals surface area (Å²) in [4.78, 5) is 2.30. The van der Waals surface area contributed by atoms with E-state index in [2.05, 4.69) is 35.2 Å². The quantitative estimate of drug-likeness (QED) is 0.894. The van der Waals surface area contributed by atoms with Gasteiger partial charge in [-0.2, -0.15) is 0 Å². The molecule has 2 N–H and O–H groups in total. The van der Waals surface area contributed by atoms with Gasteiger partial charge in [0.05, 0.1) is 12.7 Å². The normalized spacial score (nSPS) is 34.2. The Balaban J connectivity index is 1.50. The monoisotopic (exact) mass is 289 g/mol. The number of β-amino-alcohol motifs (C(OH)–C–C–N with tert-alkyl or cyclic N) is 1. The summed E-state index contributed by atoms with van der Waals surface area (Å²) in [5.74, 6) is 1.45. The first-order chi connectivity index (χ1) is 10.3. The van der Waals surface area contributed by atoms with E-state index in [4.69, 9.17) is 0 Å². The molecule has 1 saturated heterocycles. The predicted octanol–water partition coefficient (Wildman–Crippen LogP) is 2.39. The van der Waals surface area contributed by atoms with Gasteiger partial charge in [-0.15, -0.1) is 0 Å². The van der Waals surface area contributed by atoms with Crippen molar-refractivity contribution in [1.82, 2.24) is 4.90 Å². The molecule has 0 radical (unpaired) electrons. The summed E-state index contributed by atoms with van der Waals surface area (Å²) < 4.78 is 0. The Morgan fingerprint density at radius 2 is 1.76 bits per heavy atom. The van der Waals surface area contributed by atoms with Gasteiger partial charge >= 0.3 is 0 Å². The molecule has 3 nitrogen and oxygen atoms in total. The first-order valence-electron chi connectivity index (χ1n) is 8.34. The molecule has 1 aliphatic carbocycles. The summed E-state index contributed by atoms with van der Waals surface area (Å²) in [6.07, 6.45) is 5.57. The van der Waals surface area contributed by atoms with Gasteiger partial charge in [0, 0.05) is 19.1 Å². The van der Waals surface area contributed by atoms with E-state index in [1.807, 2.05) is 0 Å². The van der Waals surface area contributed by atoms with Crippen LogP contribution in [0.25, 0.3) is 0 Å². The topological polar surface area (TPSA) is 43.7 Å². The van der Waals surface area contributed by atoms with Crippen molar-refractivity contribution in [2.75, 3.05) is 19.7 Å². The average molecular weight is 289 g/mol. The maximum atomic E-state index is 9.77. The van der Waals surface area contributed by atoms with Crippen LogP contribution in [-0.4, -0.2) is 47.0 Å². The molecular weight excluding hydrogens is 262 g/mol. The van der Waals surface area contributed by atoms with Crippen molar-refractivity contribution in [3.05, 3.63) is 35.9 Å². The molecule has 0 aromatic heterocycles. The molecule has 1 aromatic rings. The zero-order valence-electron chi connectivity index (χ0n) is 12.7. The Hall–Kier alpha value is -0.900. The third-order valence-electron chi connectivity index (χ3n) is 5.33. The number of benzene rings is 1. The Bertz CT molecular complexity index is 428. The van der Waals surface area contributed by atoms with Gasteiger partial charge in [-0.1, -0.05) is 30.3 Å². The lowest BCUT2D eigenvalue weighted by Gasteiger charge is -2.33. The molecule has 2 unspecified atom stereocenters. The molecule has 1 saturated carbocycles. The number of likely N-dealkylation sites (tertiary alicyclic amines) is 1. The molecular formula is C18H27NO2. The number of aliphatic hydroxyl groups excluding tert-OH is 2. The summed E-state index contributed by atoms with van der Waals surface area (Å²) in [5, 5.41) is 19.2. The van der Waals surface area contributed by atoms with Crippen LogP contribution >= 0.6 is 0 Å². The van der Waals surface area contributed by atoms with Crippen LogP contribution in [0.5, 0.6) is 0 Å². The summed E-state index contributed by atoms with van der Waals surface area (Å²) in [6.45, 7) is 1.96. The van der Waals surface area contributed by atoms with E-state index < -0.39 is 0 Å². The van der Waals surface area contributed by atoms with Gasteiger partial charge in [0.25, 0.3) is 0 Å². The molecule has 0 amide bonds. The molecule has 2 fully saturated rings. The SMILES string of the molecule is OCC1CC(O)CN1CC1CCC(c2ccccc2)CC1. The summed E-state index contributed by atoms with van der Waals surface area (Å²) in [6, 6.07) is 11.0. The number of nitrogens with zero attached hydrogens (tertiary/aromatic N) is 1. The van der Waals surface area contributed by atoms with Crippen LogP contribution in [0.2, 0.25) is 0 Å². The van der Waals surface area contributed by atoms with Crippen LogP contribution < -0.4 is 0 Å². The third-order valence-corrected chi connectivity index (χ3v) is 5.33. The van der Waals surface area contributed by atoms with Gasteiger partial charge < -0.3 is 10.2 Å². The van der Waals surface area contributed by atoms with Crippen LogP contribution in [0.3, 0.4) is 0 Å². The molecule has 3 heteroatoms. The fourth-order valence-corrected chi connectivity index (χ4v) is 4.11. The number of rotatable bonds is 4. The minimum Gasteiger partial charge on any atom is -0.395 e. The number of hydrogen-bond acceptors (Lipinski definition) is 3. The van der Waals surface area contributed by atoms with Crippen LogP contribution in [0.4, 0.5) is 0 Å². The van der Waals surface area contributed by atoms with Crippen molar-refractivity contribution in [3.8, 4) is 0 Å². The van der Waals surface area contributed by atoms with Crippen LogP contribution in [0, 0.1) is 5.92 Å². The van der Waals surface area contributed by atoms with Crippen LogP contribution in [-0.2, 0) is 0 Å². The first kappa shape index (κ1) is 15.0. The summed E-state index contributed by atoms with van der Waals surface area (Å²) >= 11 is 0. The zero-order valence-corrected chi connectivity index (χ0v) is 12.7. The molecule has 2 atom stereocenters. The fourth-order valence-electron chi connectivity index (χ4n) is 4.11. The Morgan fingerprint density at radius 3 is 2.43 bits per heavy atom. The lowest BCUT2D eigenvalue weighted by Crippen LogP contribution is -2.37. The molecule has 0 bridgehead atoms. The van der Waals surface area contributed by atoms with Gasteiger partial charge in [-0.3, -0.25) is 4.90 Å². The predicted molar refractivity (Wildman–Crippen MR) is 84.2 cm³/mol. The maximum Gasteiger partial charge on any atom is 0.0683 e. The van der Waals surface area contributed by atoms with Crippen molar-refractivity contribution in [3.63, 3.8) is 0 Å². The largest absolute Gasteiger partial charge is 0.395 e. The highest BCUT2D eigenvalue weighted by Crippen LogP contribution is 2.36. The molecule has 2 aliphatic rings. The smallest absolute Gasteiger partial charge is 0.0683 e. The van der Waals surface area contributed by atoms with E-state index in [9.17, 15) is 10.2 Å². The van der Waals surface area contributed by atoms with Crippen LogP contribution in [0.15, 0.2) is 30.3 Å². The zero-order chi connectivity index (χ0) is 14.7. The molecule has 116 valence electrons. The fraction of sp³-hybridized carbons (Fsp3) is 0.667. The van der Waals surface area contributed by atoms with Crippen molar-refractivity contribution < 1.29 is 10.2 Å². The molecule has 3 rings (SSSR count). The molecule has 1 aromatic carbocycles. The summed E-state index contributed by atoms with van der Waals surface area (Å²) in [5.41, 5.74) is 1.49. The first-order valence-corrected chi connectivity index (χ1v) is 8.34. The second kappa shape index (κ2) is 6.91. The highest BCUT2D eigenvalue weighted by atomic mass is 16.3. The molecule has 1 heterocycles. The third kappa shape index (κ3) is 3.65. The lowest BCUT2D eigenvalue weighted by molar-refractivity contribution is 0.125. The minimum absolute atomic E-state index is 0.173. The number of aliphatic hydroxyl groups is 2. The van der Waals surface area contributed by atoms with E-state index in [0.29, 0.717) is 0 Å². The van der Waals surface area contributed by atoms with Crippen molar-refractivity contribution in [2.24, 2.45) is 5.92 Å². The van der Waals surface area contributed by atoms with E-state index in [1.165, 1.54) is 31.2 Å². The maximum absolute atomic E-state index is 9.77. The van der Waals surface area contributed by atoms with Gasteiger partial charge in [-0.05, 0) is 49.5 Å². The van der Waals surface area contributed by atoms with E-state index in [-0.39, 0.29) is 18.8 Å². The molecule has 0 spiro atoms. The highest BCUT2D eigenvalue weighted by molar-refractivity contribution is 5.19. The van der Waals surface area contributed by atoms with E-state index >= 15 is 0 Å². The number of hydrogen-bond donors (Lipinski definition) is 2. The molecule has 1 aliphatic heterocycles. The minimum atomic E-state index is -0.247. The standard InChI is InChI=1S/C18H27NO2/c20-13-17-10-18(21)12-19(17)11-14-6-8-16(9-7-14)15-4-2-1-3-5-15/h1-5,14,16-18,20-21H,6-13H2. The van der Waals surface area contributed by atoms with Crippen molar-refractivity contribution in [1.29, 1.82) is 0 Å². The highest BCUT2D eigenvalue weighted by Gasteiger charge is 2.32. The van der Waals surface area contributed by atoms with Gasteiger partial charge in [-0.25, -0.2) is 0 Å². The summed E-state index contributed by atoms with van der Waals surface area (Å²) in [7, 11) is 0. The second-order valence-electron chi connectivity index (χ2n) is 6.81. The second-order valence-corrected chi connectivity index (χ2v) is 6.81. The van der Waals surface area contributed by atoms with Gasteiger partial charge in [0.2, 0.25) is 0 Å². The van der Waals surface area contributed by atoms with Crippen molar-refractivity contribution in [2.45, 2.75) is 50.2 Å². The Kier molecular flexibility index (Phi) is 4.94. The van der Waals surface area contributed by atoms with Gasteiger partial charge in [0.15, 0.2) is 0 Å². The Labute approximate surface area is 127 Å². The Morgan fingerprint density at radius 1 is 1.05 bits per heavy atom. The van der Waals surface area contributed by atoms with E-state index in [0.717, 1.165) is 31.3 Å². The molecule has 21 heavy (non-hydrogen) atoms.